The van der Waals surface area contributed by atoms with Gasteiger partial charge in [0.05, 0.1) is 11.5 Å². The number of benzene rings is 3. The molecule has 3 aromatic rings. The van der Waals surface area contributed by atoms with E-state index in [-0.39, 0.29) is 57.2 Å². The van der Waals surface area contributed by atoms with Gasteiger partial charge in [-0.05, 0) is 23.8 Å². The monoisotopic (exact) mass is 632 g/mol. The van der Waals surface area contributed by atoms with Gasteiger partial charge in [-0.3, -0.25) is 0 Å². The summed E-state index contributed by atoms with van der Waals surface area (Å²) in [6, 6.07) is 16.7. The van der Waals surface area contributed by atoms with Crippen molar-refractivity contribution < 1.29 is 53.6 Å². The zero-order chi connectivity index (χ0) is 22.7. The first kappa shape index (κ1) is 27.4. The third kappa shape index (κ3) is 9.14. The number of para-hydroxylation sites is 3. The second kappa shape index (κ2) is 13.6. The minimum Gasteiger partial charge on any atom is -0.872 e. The van der Waals surface area contributed by atoms with Crippen LogP contribution in [0.3, 0.4) is 0 Å². The number of carboxylic acid groups (broad SMARTS) is 3. The first-order valence-electron chi connectivity index (χ1n) is 8.13. The van der Waals surface area contributed by atoms with E-state index in [0.717, 1.165) is 0 Å². The quantitative estimate of drug-likeness (QED) is 0.363. The number of aromatic carboxylic acids is 3. The first-order chi connectivity index (χ1) is 14.1. The molecule has 0 aromatic heterocycles. The van der Waals surface area contributed by atoms with Gasteiger partial charge < -0.3 is 35.4 Å². The van der Waals surface area contributed by atoms with Gasteiger partial charge in [0.25, 0.3) is 0 Å². The molecule has 0 saturated carbocycles. The molecule has 0 saturated heterocycles. The summed E-state index contributed by atoms with van der Waals surface area (Å²) < 4.78 is 0. The van der Waals surface area contributed by atoms with Gasteiger partial charge in [0.1, 0.15) is 11.3 Å². The number of hydrogen-bond donors (Lipinski definition) is 3. The van der Waals surface area contributed by atoms with Crippen molar-refractivity contribution in [2.24, 2.45) is 0 Å². The van der Waals surface area contributed by atoms with E-state index in [1.54, 1.807) is 12.1 Å². The molecule has 170 valence electrons. The number of carboxylic acids is 3. The largest absolute Gasteiger partial charge is 3.00 e. The van der Waals surface area contributed by atoms with Crippen molar-refractivity contribution in [1.29, 1.82) is 0 Å². The van der Waals surface area contributed by atoms with Crippen molar-refractivity contribution in [1.82, 2.24) is 0 Å². The van der Waals surface area contributed by atoms with Crippen LogP contribution in [-0.4, -0.2) is 59.4 Å². The Hall–Kier alpha value is -3.65. The molecule has 3 aromatic carbocycles. The number of rotatable bonds is 3. The molecule has 0 fully saturated rings. The van der Waals surface area contributed by atoms with Crippen LogP contribution in [0.1, 0.15) is 39.6 Å². The molecule has 3 rings (SSSR count). The third-order valence-electron chi connectivity index (χ3n) is 3.36. The molecule has 10 heteroatoms. The van der Waals surface area contributed by atoms with Crippen molar-refractivity contribution in [3.05, 3.63) is 89.5 Å². The predicted octanol–water partition coefficient (Wildman–Crippen LogP) is 1.77. The van der Waals surface area contributed by atoms with Crippen LogP contribution in [0, 0.1) is 0 Å². The van der Waals surface area contributed by atoms with Crippen LogP contribution in [-0.2, 0) is 0 Å². The summed E-state index contributed by atoms with van der Waals surface area (Å²) >= 11 is 0. The van der Waals surface area contributed by atoms with E-state index in [9.17, 15) is 29.7 Å². The molecule has 0 aliphatic carbocycles. The molecular weight excluding hydrogens is 605 g/mol. The minimum atomic E-state index is -1.43. The summed E-state index contributed by atoms with van der Waals surface area (Å²) in [5.41, 5.74) is -0.535. The normalized spacial score (nSPS) is 8.90. The number of aromatic hydroxyl groups is 1. The molecule has 0 unspecified atom stereocenters. The van der Waals surface area contributed by atoms with Crippen LogP contribution in [0.5, 0.6) is 17.2 Å². The smallest absolute Gasteiger partial charge is 0.872 e. The van der Waals surface area contributed by atoms with E-state index >= 15 is 0 Å². The summed E-state index contributed by atoms with van der Waals surface area (Å²) in [5.74, 6) is -4.87. The van der Waals surface area contributed by atoms with Crippen LogP contribution in [0.2, 0.25) is 0 Å². The molecule has 0 bridgehead atoms. The zero-order valence-corrected chi connectivity index (χ0v) is 19.1. The van der Waals surface area contributed by atoms with Crippen LogP contribution in [0.4, 0.5) is 0 Å². The van der Waals surface area contributed by atoms with Gasteiger partial charge in [-0.15, -0.1) is 0 Å². The Morgan fingerprint density at radius 3 is 1.26 bits per heavy atom. The Balaban J connectivity index is -0.0000000667. The van der Waals surface area contributed by atoms with Crippen molar-refractivity contribution in [3.63, 3.8) is 0 Å². The summed E-state index contributed by atoms with van der Waals surface area (Å²) in [5, 5.41) is 57.1. The standard InChI is InChI=1S/3C7H6O3.Bi.6H2/c3*8-6-4-2-1-3-5(6)7(9)10;;;;;;;/h3*1-4,8H,(H,9,10);;6*1H/q;;;+3;;;;;;/p-3. The average molecular weight is 632 g/mol. The van der Waals surface area contributed by atoms with Gasteiger partial charge in [-0.1, -0.05) is 66.1 Å². The predicted molar refractivity (Wildman–Crippen MR) is 117 cm³/mol. The van der Waals surface area contributed by atoms with Crippen molar-refractivity contribution >= 4 is 44.1 Å². The molecule has 2 radical (unpaired) electrons. The molecule has 31 heavy (non-hydrogen) atoms. The van der Waals surface area contributed by atoms with Gasteiger partial charge in [-0.2, -0.15) is 0 Å². The summed E-state index contributed by atoms with van der Waals surface area (Å²) in [6.07, 6.45) is 0. The summed E-state index contributed by atoms with van der Waals surface area (Å²) in [7, 11) is 0. The Labute approximate surface area is 204 Å². The zero-order valence-electron chi connectivity index (χ0n) is 15.7. The van der Waals surface area contributed by atoms with Gasteiger partial charge in [-0.25, -0.2) is 9.59 Å². The molecule has 0 aliphatic rings. The molecule has 3 N–H and O–H groups in total. The Morgan fingerprint density at radius 2 is 1.00 bits per heavy atom. The van der Waals surface area contributed by atoms with E-state index in [1.165, 1.54) is 60.7 Å². The first-order valence-corrected chi connectivity index (χ1v) is 8.13. The van der Waals surface area contributed by atoms with Gasteiger partial charge >= 0.3 is 38.1 Å². The fraction of sp³-hybridized carbons (Fsp3) is 0. The van der Waals surface area contributed by atoms with Crippen LogP contribution >= 0.6 is 0 Å². The second-order valence-corrected chi connectivity index (χ2v) is 5.41. The van der Waals surface area contributed by atoms with E-state index in [2.05, 4.69) is 0 Å². The fourth-order valence-corrected chi connectivity index (χ4v) is 1.93. The van der Waals surface area contributed by atoms with Crippen LogP contribution < -0.4 is 15.3 Å². The fourth-order valence-electron chi connectivity index (χ4n) is 1.93. The second-order valence-electron chi connectivity index (χ2n) is 5.41. The molecule has 0 heterocycles. The van der Waals surface area contributed by atoms with Crippen molar-refractivity contribution in [2.45, 2.75) is 0 Å². The topological polar surface area (TPSA) is 181 Å². The number of phenols is 1. The number of hydrogen-bond acceptors (Lipinski definition) is 7. The van der Waals surface area contributed by atoms with E-state index in [1.807, 2.05) is 0 Å². The Morgan fingerprint density at radius 1 is 0.645 bits per heavy atom. The van der Waals surface area contributed by atoms with Gasteiger partial charge in [0.15, 0.2) is 0 Å². The van der Waals surface area contributed by atoms with Crippen molar-refractivity contribution in [3.8, 4) is 17.2 Å². The SMILES string of the molecule is O=C(O)c1ccccc1O.O=C(O)c1ccccc1[O-].O=C([O-])c1ccccc1[O-].[Bi+3].[HH].[HH].[HH].[HH].[HH].[HH]. The maximum Gasteiger partial charge on any atom is 3.00 e. The van der Waals surface area contributed by atoms with Crippen LogP contribution in [0.25, 0.3) is 0 Å². The van der Waals surface area contributed by atoms with Gasteiger partial charge in [0.2, 0.25) is 0 Å². The minimum absolute atomic E-state index is 0. The molecular formula is C21H27BiO9. The molecule has 9 nitrogen and oxygen atoms in total. The number of carbonyl (C=O) groups is 3. The molecule has 0 amide bonds. The molecule has 0 spiro atoms. The molecule has 0 aliphatic heterocycles. The number of carbonyl (C=O) groups excluding carboxylic acids is 1. The van der Waals surface area contributed by atoms with Gasteiger partial charge in [0, 0.05) is 8.56 Å². The van der Waals surface area contributed by atoms with Crippen molar-refractivity contribution in [2.75, 3.05) is 0 Å². The summed E-state index contributed by atoms with van der Waals surface area (Å²) in [6.45, 7) is 0. The maximum absolute atomic E-state index is 10.7. The maximum atomic E-state index is 10.7. The van der Waals surface area contributed by atoms with Crippen LogP contribution in [0.15, 0.2) is 72.8 Å². The Kier molecular flexibility index (Phi) is 12.0. The van der Waals surface area contributed by atoms with E-state index in [0.29, 0.717) is 0 Å². The average Bonchev–Trinajstić information content (AvgIpc) is 2.69. The van der Waals surface area contributed by atoms with E-state index in [4.69, 9.17) is 15.3 Å². The van der Waals surface area contributed by atoms with E-state index < -0.39 is 29.4 Å². The summed E-state index contributed by atoms with van der Waals surface area (Å²) in [4.78, 5) is 30.6. The Bertz CT molecular complexity index is 926. The molecule has 0 atom stereocenters. The third-order valence-corrected chi connectivity index (χ3v) is 3.36.